The lowest BCUT2D eigenvalue weighted by molar-refractivity contribution is 0.181. The van der Waals surface area contributed by atoms with Gasteiger partial charge in [0, 0.05) is 31.6 Å². The van der Waals surface area contributed by atoms with Crippen LogP contribution in [0.25, 0.3) is 11.4 Å². The zero-order valence-corrected chi connectivity index (χ0v) is 13.1. The molecule has 0 atom stereocenters. The first kappa shape index (κ1) is 14.9. The highest BCUT2D eigenvalue weighted by atomic mass is 79.9. The van der Waals surface area contributed by atoms with Crippen LogP contribution in [-0.2, 0) is 11.3 Å². The summed E-state index contributed by atoms with van der Waals surface area (Å²) in [5.74, 6) is 1.46. The molecule has 0 aromatic carbocycles. The normalized spacial score (nSPS) is 10.6. The van der Waals surface area contributed by atoms with Crippen molar-refractivity contribution >= 4 is 21.7 Å². The molecule has 20 heavy (non-hydrogen) atoms. The van der Waals surface area contributed by atoms with Crippen LogP contribution >= 0.6 is 15.9 Å². The zero-order valence-electron chi connectivity index (χ0n) is 11.6. The average molecular weight is 337 g/mol. The van der Waals surface area contributed by atoms with E-state index in [-0.39, 0.29) is 0 Å². The van der Waals surface area contributed by atoms with E-state index in [1.807, 2.05) is 12.1 Å². The molecule has 0 amide bonds. The number of anilines is 1. The van der Waals surface area contributed by atoms with Crippen molar-refractivity contribution < 1.29 is 4.74 Å². The predicted octanol–water partition coefficient (Wildman–Crippen LogP) is 3.27. The number of aromatic nitrogens is 3. The second-order valence-corrected chi connectivity index (χ2v) is 5.05. The van der Waals surface area contributed by atoms with E-state index in [9.17, 15) is 0 Å². The van der Waals surface area contributed by atoms with Crippen molar-refractivity contribution in [2.24, 2.45) is 0 Å². The van der Waals surface area contributed by atoms with E-state index in [0.29, 0.717) is 12.4 Å². The summed E-state index contributed by atoms with van der Waals surface area (Å²) in [6, 6.07) is 3.78. The van der Waals surface area contributed by atoms with Crippen LogP contribution in [0.1, 0.15) is 19.0 Å². The Hall–Kier alpha value is -1.53. The lowest BCUT2D eigenvalue weighted by atomic mass is 10.2. The van der Waals surface area contributed by atoms with E-state index in [0.717, 1.165) is 34.5 Å². The quantitative estimate of drug-likeness (QED) is 0.877. The van der Waals surface area contributed by atoms with E-state index in [1.54, 1.807) is 19.5 Å². The first-order valence-corrected chi connectivity index (χ1v) is 7.25. The molecule has 2 heterocycles. The molecule has 0 saturated heterocycles. The van der Waals surface area contributed by atoms with E-state index in [2.05, 4.69) is 43.1 Å². The van der Waals surface area contributed by atoms with Gasteiger partial charge in [-0.05, 0) is 34.5 Å². The fourth-order valence-electron chi connectivity index (χ4n) is 1.72. The Morgan fingerprint density at radius 3 is 2.65 bits per heavy atom. The van der Waals surface area contributed by atoms with Crippen LogP contribution in [0.4, 0.5) is 5.82 Å². The second kappa shape index (κ2) is 7.31. The number of hydrogen-bond donors (Lipinski definition) is 1. The lowest BCUT2D eigenvalue weighted by Gasteiger charge is -2.12. The first-order chi connectivity index (χ1) is 9.76. The van der Waals surface area contributed by atoms with Gasteiger partial charge in [0.05, 0.1) is 16.8 Å². The third-order valence-corrected chi connectivity index (χ3v) is 3.52. The maximum absolute atomic E-state index is 5.20. The SMILES string of the molecule is CCCNc1nc(-c2ccncc2)nc(COC)c1Br. The largest absolute Gasteiger partial charge is 0.378 e. The summed E-state index contributed by atoms with van der Waals surface area (Å²) >= 11 is 3.54. The van der Waals surface area contributed by atoms with Crippen LogP contribution < -0.4 is 5.32 Å². The minimum Gasteiger partial charge on any atom is -0.378 e. The molecule has 0 fully saturated rings. The third kappa shape index (κ3) is 3.52. The van der Waals surface area contributed by atoms with Gasteiger partial charge in [-0.3, -0.25) is 4.98 Å². The summed E-state index contributed by atoms with van der Waals surface area (Å²) in [6.07, 6.45) is 4.49. The van der Waals surface area contributed by atoms with Gasteiger partial charge >= 0.3 is 0 Å². The fraction of sp³-hybridized carbons (Fsp3) is 0.357. The van der Waals surface area contributed by atoms with Crippen LogP contribution in [0.2, 0.25) is 0 Å². The molecule has 0 spiro atoms. The van der Waals surface area contributed by atoms with Crippen LogP contribution in [0.3, 0.4) is 0 Å². The molecule has 2 rings (SSSR count). The van der Waals surface area contributed by atoms with Crippen molar-refractivity contribution in [3.05, 3.63) is 34.7 Å². The van der Waals surface area contributed by atoms with Crippen molar-refractivity contribution in [2.75, 3.05) is 19.0 Å². The smallest absolute Gasteiger partial charge is 0.162 e. The van der Waals surface area contributed by atoms with Gasteiger partial charge < -0.3 is 10.1 Å². The van der Waals surface area contributed by atoms with Crippen molar-refractivity contribution in [3.63, 3.8) is 0 Å². The van der Waals surface area contributed by atoms with E-state index >= 15 is 0 Å². The third-order valence-electron chi connectivity index (χ3n) is 2.68. The summed E-state index contributed by atoms with van der Waals surface area (Å²) in [5.41, 5.74) is 1.76. The second-order valence-electron chi connectivity index (χ2n) is 4.25. The number of pyridine rings is 1. The van der Waals surface area contributed by atoms with Gasteiger partial charge in [0.15, 0.2) is 5.82 Å². The molecule has 0 unspecified atom stereocenters. The Bertz CT molecular complexity index is 563. The standard InChI is InChI=1S/C14H17BrN4O/c1-3-6-17-14-12(15)11(9-20-2)18-13(19-14)10-4-7-16-8-5-10/h4-5,7-8H,3,6,9H2,1-2H3,(H,17,18,19). The maximum atomic E-state index is 5.20. The highest BCUT2D eigenvalue weighted by molar-refractivity contribution is 9.10. The molecule has 0 aliphatic carbocycles. The van der Waals surface area contributed by atoms with Crippen LogP contribution in [0.15, 0.2) is 29.0 Å². The van der Waals surface area contributed by atoms with Gasteiger partial charge in [-0.1, -0.05) is 6.92 Å². The van der Waals surface area contributed by atoms with E-state index < -0.39 is 0 Å². The minimum absolute atomic E-state index is 0.433. The minimum atomic E-state index is 0.433. The van der Waals surface area contributed by atoms with Crippen LogP contribution in [0.5, 0.6) is 0 Å². The maximum Gasteiger partial charge on any atom is 0.162 e. The van der Waals surface area contributed by atoms with Gasteiger partial charge in [-0.2, -0.15) is 0 Å². The highest BCUT2D eigenvalue weighted by Gasteiger charge is 2.13. The number of halogens is 1. The number of nitrogens with one attached hydrogen (secondary N) is 1. The van der Waals surface area contributed by atoms with E-state index in [1.165, 1.54) is 0 Å². The number of ether oxygens (including phenoxy) is 1. The van der Waals surface area contributed by atoms with Crippen molar-refractivity contribution in [3.8, 4) is 11.4 Å². The Balaban J connectivity index is 2.44. The lowest BCUT2D eigenvalue weighted by Crippen LogP contribution is -2.08. The fourth-order valence-corrected chi connectivity index (χ4v) is 2.15. The van der Waals surface area contributed by atoms with Crippen LogP contribution in [0, 0.1) is 0 Å². The predicted molar refractivity (Wildman–Crippen MR) is 82.5 cm³/mol. The Morgan fingerprint density at radius 1 is 1.25 bits per heavy atom. The molecule has 6 heteroatoms. The highest BCUT2D eigenvalue weighted by Crippen LogP contribution is 2.27. The summed E-state index contributed by atoms with van der Waals surface area (Å²) in [6.45, 7) is 3.40. The molecular formula is C14H17BrN4O. The van der Waals surface area contributed by atoms with Crippen molar-refractivity contribution in [1.82, 2.24) is 15.0 Å². The molecule has 1 N–H and O–H groups in total. The molecule has 106 valence electrons. The number of nitrogens with zero attached hydrogens (tertiary/aromatic N) is 3. The molecule has 2 aromatic rings. The average Bonchev–Trinajstić information content (AvgIpc) is 2.49. The molecule has 5 nitrogen and oxygen atoms in total. The summed E-state index contributed by atoms with van der Waals surface area (Å²) in [5, 5.41) is 3.30. The number of methoxy groups -OCH3 is 1. The molecule has 0 aliphatic heterocycles. The van der Waals surface area contributed by atoms with Gasteiger partial charge in [0.2, 0.25) is 0 Å². The molecule has 0 radical (unpaired) electrons. The van der Waals surface area contributed by atoms with Gasteiger partial charge in [-0.15, -0.1) is 0 Å². The van der Waals surface area contributed by atoms with Crippen molar-refractivity contribution in [2.45, 2.75) is 20.0 Å². The Labute approximate surface area is 127 Å². The number of rotatable bonds is 6. The molecule has 2 aromatic heterocycles. The molecule has 0 aliphatic rings. The summed E-state index contributed by atoms with van der Waals surface area (Å²) < 4.78 is 6.05. The van der Waals surface area contributed by atoms with Crippen molar-refractivity contribution in [1.29, 1.82) is 0 Å². The van der Waals surface area contributed by atoms with Gasteiger partial charge in [-0.25, -0.2) is 9.97 Å². The monoisotopic (exact) mass is 336 g/mol. The molecule has 0 saturated carbocycles. The zero-order chi connectivity index (χ0) is 14.4. The molecular weight excluding hydrogens is 320 g/mol. The van der Waals surface area contributed by atoms with Gasteiger partial charge in [0.25, 0.3) is 0 Å². The first-order valence-electron chi connectivity index (χ1n) is 6.45. The summed E-state index contributed by atoms with van der Waals surface area (Å²) in [7, 11) is 1.65. The Morgan fingerprint density at radius 2 is 2.00 bits per heavy atom. The van der Waals surface area contributed by atoms with Crippen LogP contribution in [-0.4, -0.2) is 28.6 Å². The number of hydrogen-bond acceptors (Lipinski definition) is 5. The topological polar surface area (TPSA) is 59.9 Å². The van der Waals surface area contributed by atoms with Gasteiger partial charge in [0.1, 0.15) is 5.82 Å². The molecule has 0 bridgehead atoms. The Kier molecular flexibility index (Phi) is 5.43. The van der Waals surface area contributed by atoms with E-state index in [4.69, 9.17) is 4.74 Å². The summed E-state index contributed by atoms with van der Waals surface area (Å²) in [4.78, 5) is 13.1.